The number of nitrogens with two attached hydrogens (primary N) is 4. The zero-order valence-corrected chi connectivity index (χ0v) is 60.7. The van der Waals surface area contributed by atoms with Gasteiger partial charge in [-0.2, -0.15) is 9.97 Å². The molecule has 11 aromatic rings. The molecule has 550 valence electrons. The highest BCUT2D eigenvalue weighted by atomic mass is 35.5. The van der Waals surface area contributed by atoms with E-state index in [9.17, 15) is 24.0 Å². The molecule has 0 spiro atoms. The van der Waals surface area contributed by atoms with E-state index in [-0.39, 0.29) is 64.9 Å². The first-order chi connectivity index (χ1) is 50.6. The number of aliphatic imine (C=N–C) groups is 1. The molecule has 4 atom stereocenters. The van der Waals surface area contributed by atoms with Gasteiger partial charge in [-0.25, -0.2) is 32.9 Å². The van der Waals surface area contributed by atoms with Crippen LogP contribution in [-0.2, 0) is 35.5 Å². The van der Waals surface area contributed by atoms with Crippen molar-refractivity contribution in [3.63, 3.8) is 0 Å². The van der Waals surface area contributed by atoms with Crippen LogP contribution < -0.4 is 44.9 Å². The maximum Gasteiger partial charge on any atom is 0.407 e. The Bertz CT molecular complexity index is 4820. The quantitative estimate of drug-likeness (QED) is 0.0123. The fourth-order valence-corrected chi connectivity index (χ4v) is 12.3. The number of ether oxygens (including phenoxy) is 2. The molecule has 0 saturated carbocycles. The zero-order valence-electron chi connectivity index (χ0n) is 59.2. The van der Waals surface area contributed by atoms with E-state index in [1.54, 1.807) is 61.2 Å². The number of nitrogens with zero attached hydrogens (tertiary/aromatic N) is 7. The number of H-pyrrole nitrogens is 2. The van der Waals surface area contributed by atoms with Crippen molar-refractivity contribution >= 4 is 69.3 Å². The van der Waals surface area contributed by atoms with E-state index in [1.807, 2.05) is 123 Å². The minimum Gasteiger partial charge on any atom is -0.445 e. The molecule has 26 heteroatoms. The van der Waals surface area contributed by atoms with Crippen molar-refractivity contribution in [3.05, 3.63) is 253 Å². The van der Waals surface area contributed by atoms with Gasteiger partial charge in [-0.3, -0.25) is 23.5 Å². The van der Waals surface area contributed by atoms with Crippen molar-refractivity contribution in [2.45, 2.75) is 149 Å². The molecule has 22 nitrogen and oxygen atoms in total. The van der Waals surface area contributed by atoms with Crippen LogP contribution in [0.3, 0.4) is 0 Å². The molecule has 0 aliphatic rings. The topological polar surface area (TPSA) is 329 Å². The number of amides is 2. The van der Waals surface area contributed by atoms with Gasteiger partial charge in [-0.15, -0.1) is 0 Å². The van der Waals surface area contributed by atoms with Crippen molar-refractivity contribution in [1.29, 1.82) is 0 Å². The molecule has 2 amide bonds. The van der Waals surface area contributed by atoms with Crippen molar-refractivity contribution in [1.82, 2.24) is 49.3 Å². The number of fused-ring (bicyclic) bond motifs is 2. The van der Waals surface area contributed by atoms with Gasteiger partial charge in [0.2, 0.25) is 5.91 Å². The summed E-state index contributed by atoms with van der Waals surface area (Å²) >= 11 is 12.6. The lowest BCUT2D eigenvalue weighted by atomic mass is 10.00. The van der Waals surface area contributed by atoms with E-state index in [2.05, 4.69) is 47.5 Å². The molecule has 11 rings (SSSR count). The summed E-state index contributed by atoms with van der Waals surface area (Å²) in [4.78, 5) is 83.9. The number of imidazole rings is 1. The van der Waals surface area contributed by atoms with Crippen LogP contribution in [0.4, 0.5) is 18.4 Å². The Morgan fingerprint density at radius 3 is 1.56 bits per heavy atom. The first-order valence-corrected chi connectivity index (χ1v) is 35.8. The second-order valence-electron chi connectivity index (χ2n) is 25.8. The molecule has 12 N–H and O–H groups in total. The van der Waals surface area contributed by atoms with E-state index >= 15 is 8.78 Å². The summed E-state index contributed by atoms with van der Waals surface area (Å²) in [7, 11) is 0. The van der Waals surface area contributed by atoms with Crippen LogP contribution in [0.25, 0.3) is 56.0 Å². The number of aromatic nitrogens is 8. The average molecular weight is 1470 g/mol. The van der Waals surface area contributed by atoms with E-state index in [1.165, 1.54) is 27.0 Å². The predicted octanol–water partition coefficient (Wildman–Crippen LogP) is 15.2. The molecule has 0 fully saturated rings. The number of aromatic amines is 2. The third kappa shape index (κ3) is 23.1. The Morgan fingerprint density at radius 2 is 1.10 bits per heavy atom. The fraction of sp³-hybridized carbons (Fsp3) is 0.304. The van der Waals surface area contributed by atoms with Crippen LogP contribution in [0.2, 0.25) is 10.0 Å². The van der Waals surface area contributed by atoms with Crippen LogP contribution in [-0.4, -0.2) is 81.3 Å². The maximum atomic E-state index is 15.5. The Labute approximate surface area is 617 Å². The highest BCUT2D eigenvalue weighted by Crippen LogP contribution is 2.34. The lowest BCUT2D eigenvalue weighted by molar-refractivity contribution is 0.0936. The number of hydrogen-bond donors (Lipinski definition) is 8. The number of guanidine groups is 1. The van der Waals surface area contributed by atoms with E-state index < -0.39 is 35.2 Å². The number of carbonyl (C=O) groups is 3. The SMILES string of the molecule is CC(=O)n1ccnc1.CCCCC[C@@H](NC(=O)OCc1ccccc1)c1ccc(-n2cc3cc(-c4cc(CCC[C@H](C)NC(=O)OCc5ccccc5)cc(Cl)c4F)[nH]c3nc2=O)cc1.C[C@H](N)CCCc1cc(Cl)c(F)c(-c2cc3cn(-c4ccc([C@H](N)CCCCN=C(N)N)cc4)c(=O)nc3[nH]2)c1. The van der Waals surface area contributed by atoms with Crippen LogP contribution in [0.15, 0.2) is 191 Å². The monoisotopic (exact) mass is 1470 g/mol. The van der Waals surface area contributed by atoms with E-state index in [4.69, 9.17) is 55.6 Å². The van der Waals surface area contributed by atoms with Gasteiger partial charge in [0, 0.05) is 78.3 Å². The third-order valence-electron chi connectivity index (χ3n) is 17.4. The van der Waals surface area contributed by atoms with Gasteiger partial charge < -0.3 is 53.0 Å². The van der Waals surface area contributed by atoms with Gasteiger partial charge in [-0.05, 0) is 172 Å². The molecule has 5 heterocycles. The standard InChI is InChI=1S/C45H47ClFN5O5.C29H36ClFN8O.C5H6N2O/c1-3-4-7-19-39(50-45(55)57-29-32-16-10-6-11-17-32)34-20-22-36(23-21-34)52-27-35-26-40(49-42(35)51-43(52)53)37-24-33(25-38(46)41(37)47)18-12-13-30(2)48-44(54)56-28-31-14-8-5-9-15-31;1-17(32)5-4-6-18-13-22(26(31)23(30)14-18)25-15-20-16-39(29(40)38-27(20)37-25)21-10-8-19(9-11-21)24(33)7-2-3-12-36-28(34)35;1-5(8)7-3-2-6-4-7/h5-6,8-11,14-17,20-27,30,39H,3-4,7,12-13,18-19,28-29H2,1-2H3,(H,48,54)(H,50,55)(H,49,51,53);8-11,13-17,24H,2-7,12,32-33H2,1H3,(H4,34,35,36)(H,37,38,40);2-4H,1H3/t30-,39+;17-,24+;/m00./s1. The summed E-state index contributed by atoms with van der Waals surface area (Å²) in [5.41, 5.74) is 30.8. The lowest BCUT2D eigenvalue weighted by Crippen LogP contribution is -2.33. The predicted molar refractivity (Wildman–Crippen MR) is 410 cm³/mol. The summed E-state index contributed by atoms with van der Waals surface area (Å²) in [5.74, 6) is -1.03. The summed E-state index contributed by atoms with van der Waals surface area (Å²) in [5, 5.41) is 7.17. The number of alkyl carbamates (subject to hydrolysis) is 2. The largest absolute Gasteiger partial charge is 0.445 e. The number of carbonyl (C=O) groups excluding carboxylic acids is 3. The summed E-state index contributed by atoms with van der Waals surface area (Å²) in [6.07, 6.45) is 17.7. The number of benzene rings is 6. The van der Waals surface area contributed by atoms with Crippen LogP contribution in [0, 0.1) is 11.6 Å². The second kappa shape index (κ2) is 38.6. The number of hydrogen-bond acceptors (Lipinski definition) is 13. The molecular formula is C79H89Cl2F2N15O7. The minimum atomic E-state index is -0.583. The molecule has 0 aliphatic carbocycles. The lowest BCUT2D eigenvalue weighted by Gasteiger charge is -2.19. The van der Waals surface area contributed by atoms with Crippen LogP contribution >= 0.6 is 23.2 Å². The molecule has 0 saturated heterocycles. The molecule has 0 bridgehead atoms. The van der Waals surface area contributed by atoms with Gasteiger partial charge in [-0.1, -0.05) is 134 Å². The van der Waals surface area contributed by atoms with Gasteiger partial charge >= 0.3 is 23.6 Å². The van der Waals surface area contributed by atoms with Crippen molar-refractivity contribution in [3.8, 4) is 33.9 Å². The third-order valence-corrected chi connectivity index (χ3v) is 18.0. The first kappa shape index (κ1) is 78.3. The van der Waals surface area contributed by atoms with Gasteiger partial charge in [0.1, 0.15) is 30.8 Å². The highest BCUT2D eigenvalue weighted by molar-refractivity contribution is 6.31. The Morgan fingerprint density at radius 1 is 0.600 bits per heavy atom. The number of nitrogens with one attached hydrogen (secondary N) is 4. The summed E-state index contributed by atoms with van der Waals surface area (Å²) < 4.78 is 45.6. The highest BCUT2D eigenvalue weighted by Gasteiger charge is 2.21. The van der Waals surface area contributed by atoms with Gasteiger partial charge in [0.05, 0.1) is 38.8 Å². The van der Waals surface area contributed by atoms with E-state index in [0.717, 1.165) is 97.6 Å². The number of unbranched alkanes of at least 4 members (excludes halogenated alkanes) is 3. The molecule has 6 aromatic carbocycles. The molecular weight excluding hydrogens is 1380 g/mol. The number of rotatable bonds is 29. The maximum absolute atomic E-state index is 15.5. The molecule has 0 aliphatic heterocycles. The minimum absolute atomic E-state index is 0.0116. The fourth-order valence-electron chi connectivity index (χ4n) is 11.8. The molecule has 5 aromatic heterocycles. The summed E-state index contributed by atoms with van der Waals surface area (Å²) in [6, 6.07) is 43.7. The number of halogens is 4. The van der Waals surface area contributed by atoms with Crippen molar-refractivity contribution < 1.29 is 32.6 Å². The Balaban J connectivity index is 0.000000230. The van der Waals surface area contributed by atoms with Gasteiger partial charge in [0.15, 0.2) is 17.6 Å². The van der Waals surface area contributed by atoms with Crippen molar-refractivity contribution in [2.75, 3.05) is 6.54 Å². The molecule has 0 unspecified atom stereocenters. The zero-order chi connectivity index (χ0) is 74.9. The van der Waals surface area contributed by atoms with Gasteiger partial charge in [0.25, 0.3) is 0 Å². The second-order valence-corrected chi connectivity index (χ2v) is 26.7. The smallest absolute Gasteiger partial charge is 0.407 e. The Kier molecular flexibility index (Phi) is 28.8. The number of aryl methyl sites for hydroxylation is 2. The normalized spacial score (nSPS) is 12.2. The Hall–Kier alpha value is -10.8. The first-order valence-electron chi connectivity index (χ1n) is 35.0. The molecule has 105 heavy (non-hydrogen) atoms. The van der Waals surface area contributed by atoms with E-state index in [0.29, 0.717) is 76.2 Å². The average Bonchev–Trinajstić information content (AvgIpc) is 1.65. The van der Waals surface area contributed by atoms with Crippen LogP contribution in [0.5, 0.6) is 0 Å². The summed E-state index contributed by atoms with van der Waals surface area (Å²) in [6.45, 7) is 8.42. The van der Waals surface area contributed by atoms with Crippen LogP contribution in [0.1, 0.15) is 149 Å². The van der Waals surface area contributed by atoms with Crippen molar-refractivity contribution in [2.24, 2.45) is 27.9 Å². The molecule has 0 radical (unpaired) electrons.